The highest BCUT2D eigenvalue weighted by Gasteiger charge is 2.02. The second kappa shape index (κ2) is 9.47. The van der Waals surface area contributed by atoms with Crippen LogP contribution in [0.15, 0.2) is 47.6 Å². The van der Waals surface area contributed by atoms with E-state index < -0.39 is 0 Å². The number of ether oxygens (including phenoxy) is 1. The summed E-state index contributed by atoms with van der Waals surface area (Å²) in [4.78, 5) is 0. The number of benzene rings is 2. The van der Waals surface area contributed by atoms with Gasteiger partial charge in [-0.25, -0.2) is 0 Å². The van der Waals surface area contributed by atoms with Crippen molar-refractivity contribution in [1.82, 2.24) is 10.7 Å². The van der Waals surface area contributed by atoms with Gasteiger partial charge in [-0.2, -0.15) is 5.10 Å². The maximum Gasteiger partial charge on any atom is 0.186 e. The Morgan fingerprint density at radius 2 is 1.96 bits per heavy atom. The largest absolute Gasteiger partial charge is 0.489 e. The monoisotopic (exact) mass is 381 g/mol. The Morgan fingerprint density at radius 1 is 1.21 bits per heavy atom. The molecule has 0 aliphatic heterocycles. The summed E-state index contributed by atoms with van der Waals surface area (Å²) in [7, 11) is 0. The van der Waals surface area contributed by atoms with Crippen LogP contribution in [0.1, 0.15) is 18.1 Å². The number of nitrogens with one attached hydrogen (secondary N) is 2. The van der Waals surface area contributed by atoms with Gasteiger partial charge in [0.1, 0.15) is 12.4 Å². The molecule has 2 N–H and O–H groups in total. The number of hydrazone groups is 1. The van der Waals surface area contributed by atoms with E-state index in [0.717, 1.165) is 23.4 Å². The molecule has 2 rings (SSSR count). The fourth-order valence-electron chi connectivity index (χ4n) is 1.82. The fraction of sp³-hybridized carbons (Fsp3) is 0.176. The molecule has 0 heterocycles. The summed E-state index contributed by atoms with van der Waals surface area (Å²) >= 11 is 17.0. The first-order valence-corrected chi connectivity index (χ1v) is 8.48. The van der Waals surface area contributed by atoms with Crippen molar-refractivity contribution < 1.29 is 4.74 Å². The van der Waals surface area contributed by atoms with E-state index in [1.807, 2.05) is 37.3 Å². The van der Waals surface area contributed by atoms with Crippen LogP contribution in [-0.2, 0) is 6.61 Å². The maximum absolute atomic E-state index is 6.12. The first kappa shape index (κ1) is 18.5. The summed E-state index contributed by atoms with van der Waals surface area (Å²) in [6.45, 7) is 3.10. The van der Waals surface area contributed by atoms with Gasteiger partial charge in [0.25, 0.3) is 0 Å². The zero-order chi connectivity index (χ0) is 17.4. The van der Waals surface area contributed by atoms with Gasteiger partial charge >= 0.3 is 0 Å². The Morgan fingerprint density at radius 3 is 2.62 bits per heavy atom. The van der Waals surface area contributed by atoms with Crippen LogP contribution in [0, 0.1) is 0 Å². The Bertz CT molecular complexity index is 720. The number of hydrogen-bond acceptors (Lipinski definition) is 3. The second-order valence-corrected chi connectivity index (χ2v) is 6.07. The van der Waals surface area contributed by atoms with Crippen molar-refractivity contribution in [3.05, 3.63) is 63.6 Å². The van der Waals surface area contributed by atoms with Crippen LogP contribution in [0.4, 0.5) is 0 Å². The summed E-state index contributed by atoms with van der Waals surface area (Å²) in [5.74, 6) is 0.745. The average molecular weight is 382 g/mol. The molecule has 0 aliphatic rings. The zero-order valence-electron chi connectivity index (χ0n) is 13.1. The molecule has 2 aromatic rings. The first-order chi connectivity index (χ1) is 11.6. The van der Waals surface area contributed by atoms with Gasteiger partial charge in [-0.15, -0.1) is 0 Å². The zero-order valence-corrected chi connectivity index (χ0v) is 15.4. The van der Waals surface area contributed by atoms with Crippen LogP contribution in [0.25, 0.3) is 0 Å². The maximum atomic E-state index is 6.12. The highest BCUT2D eigenvalue weighted by molar-refractivity contribution is 7.80. The Hall–Kier alpha value is -1.82. The summed E-state index contributed by atoms with van der Waals surface area (Å²) in [5, 5.41) is 8.69. The third-order valence-electron chi connectivity index (χ3n) is 3.01. The molecule has 2 aromatic carbocycles. The van der Waals surface area contributed by atoms with Gasteiger partial charge in [0.05, 0.1) is 6.21 Å². The molecular formula is C17H17Cl2N3OS. The van der Waals surface area contributed by atoms with Gasteiger partial charge in [0.2, 0.25) is 0 Å². The number of hydrogen-bond donors (Lipinski definition) is 2. The minimum Gasteiger partial charge on any atom is -0.489 e. The normalized spacial score (nSPS) is 10.6. The highest BCUT2D eigenvalue weighted by atomic mass is 35.5. The van der Waals surface area contributed by atoms with Crippen molar-refractivity contribution in [2.75, 3.05) is 6.54 Å². The molecule has 0 unspecified atom stereocenters. The van der Waals surface area contributed by atoms with Gasteiger partial charge in [0, 0.05) is 22.2 Å². The number of halogens is 2. The number of thiocarbonyl (C=S) groups is 1. The van der Waals surface area contributed by atoms with E-state index in [4.69, 9.17) is 40.2 Å². The standard InChI is InChI=1S/C17H17Cl2N3OS/c1-2-20-17(24)22-21-10-12-3-7-15(8-4-12)23-11-13-5-6-14(18)9-16(13)19/h3-10H,2,11H2,1H3,(H2,20,22,24)/b21-10+. The Labute approximate surface area is 156 Å². The molecule has 24 heavy (non-hydrogen) atoms. The van der Waals surface area contributed by atoms with E-state index in [1.165, 1.54) is 0 Å². The second-order valence-electron chi connectivity index (χ2n) is 4.82. The minimum absolute atomic E-state index is 0.377. The van der Waals surface area contributed by atoms with Gasteiger partial charge < -0.3 is 10.1 Å². The smallest absolute Gasteiger partial charge is 0.186 e. The van der Waals surface area contributed by atoms with E-state index in [0.29, 0.717) is 21.8 Å². The van der Waals surface area contributed by atoms with Gasteiger partial charge in [-0.1, -0.05) is 29.3 Å². The molecule has 0 bridgehead atoms. The first-order valence-electron chi connectivity index (χ1n) is 7.32. The Balaban J connectivity index is 1.87. The predicted octanol–water partition coefficient (Wildman–Crippen LogP) is 4.39. The molecule has 0 spiro atoms. The van der Waals surface area contributed by atoms with Crippen molar-refractivity contribution in [3.63, 3.8) is 0 Å². The molecule has 0 radical (unpaired) electrons. The van der Waals surface area contributed by atoms with Crippen LogP contribution >= 0.6 is 35.4 Å². The summed E-state index contributed by atoms with van der Waals surface area (Å²) < 4.78 is 5.72. The summed E-state index contributed by atoms with van der Waals surface area (Å²) in [5.41, 5.74) is 4.55. The average Bonchev–Trinajstić information content (AvgIpc) is 2.55. The lowest BCUT2D eigenvalue weighted by atomic mass is 10.2. The van der Waals surface area contributed by atoms with Crippen LogP contribution in [0.2, 0.25) is 10.0 Å². The molecule has 0 atom stereocenters. The van der Waals surface area contributed by atoms with Crippen molar-refractivity contribution in [1.29, 1.82) is 0 Å². The van der Waals surface area contributed by atoms with Crippen LogP contribution in [0.3, 0.4) is 0 Å². The quantitative estimate of drug-likeness (QED) is 0.442. The molecule has 0 saturated heterocycles. The van der Waals surface area contributed by atoms with Crippen LogP contribution < -0.4 is 15.5 Å². The third kappa shape index (κ3) is 6.00. The molecule has 0 fully saturated rings. The number of rotatable bonds is 6. The highest BCUT2D eigenvalue weighted by Crippen LogP contribution is 2.22. The van der Waals surface area contributed by atoms with Crippen molar-refractivity contribution in [2.24, 2.45) is 5.10 Å². The summed E-state index contributed by atoms with van der Waals surface area (Å²) in [6.07, 6.45) is 1.68. The fourth-order valence-corrected chi connectivity index (χ4v) is 2.48. The van der Waals surface area contributed by atoms with Crippen molar-refractivity contribution in [2.45, 2.75) is 13.5 Å². The molecule has 0 amide bonds. The van der Waals surface area contributed by atoms with E-state index in [-0.39, 0.29) is 0 Å². The van der Waals surface area contributed by atoms with Crippen LogP contribution in [0.5, 0.6) is 5.75 Å². The molecule has 7 heteroatoms. The van der Waals surface area contributed by atoms with E-state index in [9.17, 15) is 0 Å². The molecular weight excluding hydrogens is 365 g/mol. The van der Waals surface area contributed by atoms with Gasteiger partial charge in [-0.3, -0.25) is 5.43 Å². The lowest BCUT2D eigenvalue weighted by molar-refractivity contribution is 0.306. The Kier molecular flexibility index (Phi) is 7.31. The van der Waals surface area contributed by atoms with E-state index >= 15 is 0 Å². The van der Waals surface area contributed by atoms with Crippen molar-refractivity contribution >= 4 is 46.7 Å². The topological polar surface area (TPSA) is 45.7 Å². The molecule has 0 aromatic heterocycles. The lowest BCUT2D eigenvalue weighted by Gasteiger charge is -2.08. The van der Waals surface area contributed by atoms with E-state index in [1.54, 1.807) is 18.3 Å². The number of nitrogens with zero attached hydrogens (tertiary/aromatic N) is 1. The van der Waals surface area contributed by atoms with Gasteiger partial charge in [-0.05, 0) is 61.1 Å². The molecule has 0 aliphatic carbocycles. The van der Waals surface area contributed by atoms with Crippen LogP contribution in [-0.4, -0.2) is 17.9 Å². The minimum atomic E-state index is 0.377. The summed E-state index contributed by atoms with van der Waals surface area (Å²) in [6, 6.07) is 12.9. The molecule has 0 saturated carbocycles. The molecule has 4 nitrogen and oxygen atoms in total. The SMILES string of the molecule is CCNC(=S)N/N=C/c1ccc(OCc2ccc(Cl)cc2Cl)cc1. The molecule has 126 valence electrons. The van der Waals surface area contributed by atoms with Crippen molar-refractivity contribution in [3.8, 4) is 5.75 Å². The third-order valence-corrected chi connectivity index (χ3v) is 3.83. The predicted molar refractivity (Wildman–Crippen MR) is 104 cm³/mol. The van der Waals surface area contributed by atoms with E-state index in [2.05, 4.69) is 15.8 Å². The lowest BCUT2D eigenvalue weighted by Crippen LogP contribution is -2.31. The van der Waals surface area contributed by atoms with Gasteiger partial charge in [0.15, 0.2) is 5.11 Å².